The quantitative estimate of drug-likeness (QED) is 0.824. The maximum absolute atomic E-state index is 12.3. The molecule has 3 nitrogen and oxygen atoms in total. The maximum Gasteiger partial charge on any atom is 0.261 e. The molecule has 1 aliphatic heterocycles. The molecule has 3 rings (SSSR count). The van der Waals surface area contributed by atoms with E-state index < -0.39 is 0 Å². The van der Waals surface area contributed by atoms with Crippen LogP contribution in [0, 0.1) is 0 Å². The lowest BCUT2D eigenvalue weighted by Gasteiger charge is -2.23. The summed E-state index contributed by atoms with van der Waals surface area (Å²) in [4.78, 5) is 14.7. The van der Waals surface area contributed by atoms with Gasteiger partial charge in [0.1, 0.15) is 0 Å². The van der Waals surface area contributed by atoms with E-state index in [1.54, 1.807) is 11.3 Å². The highest BCUT2D eigenvalue weighted by molar-refractivity contribution is 7.14. The van der Waals surface area contributed by atoms with Gasteiger partial charge in [0.2, 0.25) is 0 Å². The number of hydrogen-bond donors (Lipinski definition) is 2. The molecule has 1 saturated heterocycles. The third kappa shape index (κ3) is 3.74. The van der Waals surface area contributed by atoms with Gasteiger partial charge in [0, 0.05) is 10.9 Å². The Labute approximate surface area is 130 Å². The number of fused-ring (bicyclic) bond motifs is 1. The van der Waals surface area contributed by atoms with Crippen LogP contribution in [-0.4, -0.2) is 25.0 Å². The normalized spacial score (nSPS) is 19.6. The average Bonchev–Trinajstić information content (AvgIpc) is 2.72. The number of amides is 1. The summed E-state index contributed by atoms with van der Waals surface area (Å²) in [6.45, 7) is 2.04. The first-order valence-corrected chi connectivity index (χ1v) is 8.28. The molecule has 0 saturated carbocycles. The summed E-state index contributed by atoms with van der Waals surface area (Å²) in [6, 6.07) is 2.50. The molecule has 0 aromatic carbocycles. The number of halogens is 1. The van der Waals surface area contributed by atoms with Crippen molar-refractivity contribution in [2.45, 2.75) is 51.0 Å². The van der Waals surface area contributed by atoms with Gasteiger partial charge in [-0.25, -0.2) is 0 Å². The summed E-state index contributed by atoms with van der Waals surface area (Å²) < 4.78 is 0. The average molecular weight is 315 g/mol. The summed E-state index contributed by atoms with van der Waals surface area (Å²) >= 11 is 1.72. The van der Waals surface area contributed by atoms with Crippen molar-refractivity contribution in [1.82, 2.24) is 10.6 Å². The van der Waals surface area contributed by atoms with Gasteiger partial charge in [-0.2, -0.15) is 0 Å². The number of aryl methyl sites for hydroxylation is 2. The van der Waals surface area contributed by atoms with E-state index in [1.165, 1.54) is 36.1 Å². The topological polar surface area (TPSA) is 41.1 Å². The molecule has 112 valence electrons. The Morgan fingerprint density at radius 3 is 2.75 bits per heavy atom. The van der Waals surface area contributed by atoms with E-state index in [1.807, 2.05) is 0 Å². The van der Waals surface area contributed by atoms with Crippen molar-refractivity contribution in [3.05, 3.63) is 21.4 Å². The number of nitrogens with one attached hydrogen (secondary N) is 2. The van der Waals surface area contributed by atoms with Gasteiger partial charge in [-0.1, -0.05) is 6.42 Å². The van der Waals surface area contributed by atoms with Crippen LogP contribution in [-0.2, 0) is 12.8 Å². The van der Waals surface area contributed by atoms with Crippen LogP contribution >= 0.6 is 23.7 Å². The molecule has 1 aromatic rings. The van der Waals surface area contributed by atoms with Crippen molar-refractivity contribution in [3.63, 3.8) is 0 Å². The molecule has 0 atom stereocenters. The standard InChI is InChI=1S/C15H22N2OS.ClH/c18-15(17-12-6-8-16-9-7-12)14-10-11-4-2-1-3-5-13(11)19-14;/h10,12,16H,1-9H2,(H,17,18);1H. The molecule has 2 heterocycles. The molecule has 1 aromatic heterocycles. The minimum atomic E-state index is 0. The Kier molecular flexibility index (Phi) is 5.87. The van der Waals surface area contributed by atoms with Crippen LogP contribution < -0.4 is 10.6 Å². The van der Waals surface area contributed by atoms with Crippen molar-refractivity contribution in [1.29, 1.82) is 0 Å². The summed E-state index contributed by atoms with van der Waals surface area (Å²) in [5, 5.41) is 6.52. The van der Waals surface area contributed by atoms with Gasteiger partial charge in [-0.05, 0) is 63.2 Å². The molecule has 1 fully saturated rings. The van der Waals surface area contributed by atoms with Crippen molar-refractivity contribution < 1.29 is 4.79 Å². The van der Waals surface area contributed by atoms with Crippen molar-refractivity contribution in [2.75, 3.05) is 13.1 Å². The second-order valence-corrected chi connectivity index (χ2v) is 6.75. The molecule has 0 radical (unpaired) electrons. The zero-order chi connectivity index (χ0) is 13.1. The fourth-order valence-corrected chi connectivity index (χ4v) is 4.16. The van der Waals surface area contributed by atoms with Gasteiger partial charge in [-0.3, -0.25) is 4.79 Å². The van der Waals surface area contributed by atoms with Gasteiger partial charge in [0.15, 0.2) is 0 Å². The largest absolute Gasteiger partial charge is 0.349 e. The third-order valence-corrected chi connectivity index (χ3v) is 5.38. The monoisotopic (exact) mass is 314 g/mol. The second-order valence-electron chi connectivity index (χ2n) is 5.62. The Balaban J connectivity index is 0.00000147. The Bertz CT molecular complexity index is 431. The van der Waals surface area contributed by atoms with E-state index >= 15 is 0 Å². The molecule has 2 aliphatic rings. The highest BCUT2D eigenvalue weighted by Crippen LogP contribution is 2.29. The van der Waals surface area contributed by atoms with E-state index in [0.29, 0.717) is 6.04 Å². The van der Waals surface area contributed by atoms with Gasteiger partial charge < -0.3 is 10.6 Å². The molecular weight excluding hydrogens is 292 g/mol. The fourth-order valence-electron chi connectivity index (χ4n) is 3.00. The van der Waals surface area contributed by atoms with Crippen LogP contribution in [0.5, 0.6) is 0 Å². The zero-order valence-electron chi connectivity index (χ0n) is 11.7. The van der Waals surface area contributed by atoms with Crippen LogP contribution in [0.4, 0.5) is 0 Å². The molecule has 0 spiro atoms. The predicted octanol–water partition coefficient (Wildman–Crippen LogP) is 2.92. The summed E-state index contributed by atoms with van der Waals surface area (Å²) in [5.41, 5.74) is 1.43. The molecule has 0 unspecified atom stereocenters. The van der Waals surface area contributed by atoms with Crippen LogP contribution in [0.2, 0.25) is 0 Å². The van der Waals surface area contributed by atoms with Gasteiger partial charge >= 0.3 is 0 Å². The number of rotatable bonds is 2. The third-order valence-electron chi connectivity index (χ3n) is 4.14. The van der Waals surface area contributed by atoms with E-state index in [0.717, 1.165) is 37.2 Å². The molecule has 5 heteroatoms. The first-order valence-electron chi connectivity index (χ1n) is 7.46. The van der Waals surface area contributed by atoms with E-state index in [-0.39, 0.29) is 18.3 Å². The SMILES string of the molecule is Cl.O=C(NC1CCNCC1)c1cc2c(s1)CCCCC2. The number of carbonyl (C=O) groups is 1. The molecule has 1 amide bonds. The van der Waals surface area contributed by atoms with E-state index in [9.17, 15) is 4.79 Å². The summed E-state index contributed by atoms with van der Waals surface area (Å²) in [6.07, 6.45) is 8.32. The minimum Gasteiger partial charge on any atom is -0.349 e. The molecule has 0 bridgehead atoms. The van der Waals surface area contributed by atoms with Crippen LogP contribution in [0.1, 0.15) is 52.2 Å². The highest BCUT2D eigenvalue weighted by atomic mass is 35.5. The lowest BCUT2D eigenvalue weighted by molar-refractivity contribution is 0.0933. The zero-order valence-corrected chi connectivity index (χ0v) is 13.4. The molecule has 1 aliphatic carbocycles. The summed E-state index contributed by atoms with van der Waals surface area (Å²) in [7, 11) is 0. The van der Waals surface area contributed by atoms with Crippen LogP contribution in [0.15, 0.2) is 6.07 Å². The first kappa shape index (κ1) is 15.8. The van der Waals surface area contributed by atoms with Crippen LogP contribution in [0.3, 0.4) is 0 Å². The Morgan fingerprint density at radius 2 is 1.95 bits per heavy atom. The molecule has 20 heavy (non-hydrogen) atoms. The lowest BCUT2D eigenvalue weighted by atomic mass is 10.1. The van der Waals surface area contributed by atoms with Crippen molar-refractivity contribution in [2.24, 2.45) is 0 Å². The molecular formula is C15H23ClN2OS. The smallest absolute Gasteiger partial charge is 0.261 e. The minimum absolute atomic E-state index is 0. The Morgan fingerprint density at radius 1 is 1.20 bits per heavy atom. The Hall–Kier alpha value is -0.580. The fraction of sp³-hybridized carbons (Fsp3) is 0.667. The van der Waals surface area contributed by atoms with Crippen molar-refractivity contribution >= 4 is 29.7 Å². The second kappa shape index (κ2) is 7.43. The van der Waals surface area contributed by atoms with Gasteiger partial charge in [0.25, 0.3) is 5.91 Å². The van der Waals surface area contributed by atoms with Gasteiger partial charge in [0.05, 0.1) is 4.88 Å². The number of piperidine rings is 1. The summed E-state index contributed by atoms with van der Waals surface area (Å²) in [5.74, 6) is 0.143. The number of thiophene rings is 1. The highest BCUT2D eigenvalue weighted by Gasteiger charge is 2.20. The predicted molar refractivity (Wildman–Crippen MR) is 86.2 cm³/mol. The van der Waals surface area contributed by atoms with Crippen LogP contribution in [0.25, 0.3) is 0 Å². The van der Waals surface area contributed by atoms with E-state index in [2.05, 4.69) is 16.7 Å². The lowest BCUT2D eigenvalue weighted by Crippen LogP contribution is -2.42. The number of hydrogen-bond acceptors (Lipinski definition) is 3. The maximum atomic E-state index is 12.3. The van der Waals surface area contributed by atoms with E-state index in [4.69, 9.17) is 0 Å². The number of carbonyl (C=O) groups excluding carboxylic acids is 1. The van der Waals surface area contributed by atoms with Crippen molar-refractivity contribution in [3.8, 4) is 0 Å². The first-order chi connectivity index (χ1) is 9.33. The molecule has 2 N–H and O–H groups in total. The van der Waals surface area contributed by atoms with Gasteiger partial charge in [-0.15, -0.1) is 23.7 Å².